The molecule has 0 spiro atoms. The number of nitrogen functional groups attached to an aromatic ring is 1. The van der Waals surface area contributed by atoms with Crippen molar-refractivity contribution in [2.45, 2.75) is 6.92 Å². The molecule has 0 amide bonds. The van der Waals surface area contributed by atoms with E-state index in [4.69, 9.17) is 5.73 Å². The van der Waals surface area contributed by atoms with Crippen LogP contribution in [0.1, 0.15) is 5.56 Å². The van der Waals surface area contributed by atoms with Crippen molar-refractivity contribution in [3.63, 3.8) is 0 Å². The molecule has 0 aliphatic rings. The van der Waals surface area contributed by atoms with Gasteiger partial charge in [0, 0.05) is 29.2 Å². The third-order valence-corrected chi connectivity index (χ3v) is 2.49. The highest BCUT2D eigenvalue weighted by molar-refractivity contribution is 5.67. The maximum Gasteiger partial charge on any atom is 0.273 e. The number of nitrogens with zero attached hydrogens (tertiary/aromatic N) is 1. The van der Waals surface area contributed by atoms with Crippen molar-refractivity contribution >= 4 is 22.7 Å². The van der Waals surface area contributed by atoms with Crippen LogP contribution < -0.4 is 11.1 Å². The summed E-state index contributed by atoms with van der Waals surface area (Å²) in [6, 6.07) is 12.2. The second-order valence-electron chi connectivity index (χ2n) is 4.06. The molecule has 0 saturated heterocycles. The fourth-order valence-electron chi connectivity index (χ4n) is 1.62. The van der Waals surface area contributed by atoms with Gasteiger partial charge < -0.3 is 11.1 Å². The Morgan fingerprint density at radius 2 is 1.78 bits per heavy atom. The second kappa shape index (κ2) is 4.75. The highest BCUT2D eigenvalue weighted by atomic mass is 16.6. The van der Waals surface area contributed by atoms with Crippen LogP contribution >= 0.6 is 0 Å². The van der Waals surface area contributed by atoms with Crippen LogP contribution in [0.2, 0.25) is 0 Å². The molecule has 0 aliphatic heterocycles. The first-order valence-corrected chi connectivity index (χ1v) is 5.43. The van der Waals surface area contributed by atoms with Crippen LogP contribution in [0.3, 0.4) is 0 Å². The zero-order valence-electron chi connectivity index (χ0n) is 9.88. The van der Waals surface area contributed by atoms with E-state index in [0.717, 1.165) is 11.3 Å². The van der Waals surface area contributed by atoms with E-state index in [2.05, 4.69) is 5.32 Å². The van der Waals surface area contributed by atoms with Crippen LogP contribution in [0.15, 0.2) is 42.5 Å². The van der Waals surface area contributed by atoms with Crippen molar-refractivity contribution in [2.75, 3.05) is 11.1 Å². The Bertz CT molecular complexity index is 579. The molecule has 2 aromatic rings. The lowest BCUT2D eigenvalue weighted by molar-refractivity contribution is -0.384. The number of nitro benzene ring substituents is 1. The predicted octanol–water partition coefficient (Wildman–Crippen LogP) is 3.23. The van der Waals surface area contributed by atoms with Gasteiger partial charge in [0.05, 0.1) is 4.92 Å². The van der Waals surface area contributed by atoms with Crippen LogP contribution in [0, 0.1) is 17.0 Å². The van der Waals surface area contributed by atoms with E-state index >= 15 is 0 Å². The molecule has 2 rings (SSSR count). The Morgan fingerprint density at radius 3 is 2.39 bits per heavy atom. The predicted molar refractivity (Wildman–Crippen MR) is 72.0 cm³/mol. The summed E-state index contributed by atoms with van der Waals surface area (Å²) in [5, 5.41) is 13.8. The number of nitrogens with two attached hydrogens (primary N) is 1. The molecule has 2 aromatic carbocycles. The maximum absolute atomic E-state index is 10.7. The maximum atomic E-state index is 10.7. The number of nitrogens with one attached hydrogen (secondary N) is 1. The summed E-state index contributed by atoms with van der Waals surface area (Å²) in [4.78, 5) is 10.3. The average molecular weight is 243 g/mol. The molecule has 0 bridgehead atoms. The zero-order chi connectivity index (χ0) is 13.1. The third kappa shape index (κ3) is 2.76. The summed E-state index contributed by atoms with van der Waals surface area (Å²) in [5.74, 6) is 0. The number of aryl methyl sites for hydroxylation is 1. The third-order valence-electron chi connectivity index (χ3n) is 2.49. The minimum Gasteiger partial charge on any atom is -0.398 e. The summed E-state index contributed by atoms with van der Waals surface area (Å²) < 4.78 is 0. The minimum atomic E-state index is -0.462. The molecule has 0 radical (unpaired) electrons. The summed E-state index contributed by atoms with van der Waals surface area (Å²) >= 11 is 0. The number of nitro groups is 1. The quantitative estimate of drug-likeness (QED) is 0.492. The molecule has 0 fully saturated rings. The van der Waals surface area contributed by atoms with Crippen LogP contribution in [0.25, 0.3) is 0 Å². The largest absolute Gasteiger partial charge is 0.398 e. The van der Waals surface area contributed by atoms with Gasteiger partial charge in [-0.2, -0.15) is 0 Å². The second-order valence-corrected chi connectivity index (χ2v) is 4.06. The SMILES string of the molecule is Cc1ccc(Nc2cc(N)cc([N+](=O)[O-])c2)cc1. The van der Waals surface area contributed by atoms with Crippen LogP contribution in [0.4, 0.5) is 22.7 Å². The van der Waals surface area contributed by atoms with Gasteiger partial charge in [-0.1, -0.05) is 17.7 Å². The summed E-state index contributed by atoms with van der Waals surface area (Å²) in [6.45, 7) is 2.00. The topological polar surface area (TPSA) is 81.2 Å². The van der Waals surface area contributed by atoms with Crippen molar-refractivity contribution in [1.82, 2.24) is 0 Å². The van der Waals surface area contributed by atoms with E-state index in [9.17, 15) is 10.1 Å². The van der Waals surface area contributed by atoms with Crippen molar-refractivity contribution in [3.05, 3.63) is 58.1 Å². The number of anilines is 3. The Labute approximate surface area is 104 Å². The minimum absolute atomic E-state index is 0.0235. The van der Waals surface area contributed by atoms with E-state index in [1.165, 1.54) is 12.1 Å². The fourth-order valence-corrected chi connectivity index (χ4v) is 1.62. The van der Waals surface area contributed by atoms with E-state index in [0.29, 0.717) is 11.4 Å². The van der Waals surface area contributed by atoms with Crippen LogP contribution in [-0.2, 0) is 0 Å². The molecule has 0 unspecified atom stereocenters. The Morgan fingerprint density at radius 1 is 1.11 bits per heavy atom. The fraction of sp³-hybridized carbons (Fsp3) is 0.0769. The summed E-state index contributed by atoms with van der Waals surface area (Å²) in [5.41, 5.74) is 8.58. The number of non-ortho nitro benzene ring substituents is 1. The molecule has 0 atom stereocenters. The van der Waals surface area contributed by atoms with Crippen molar-refractivity contribution < 1.29 is 4.92 Å². The van der Waals surface area contributed by atoms with E-state index in [1.54, 1.807) is 6.07 Å². The lowest BCUT2D eigenvalue weighted by Crippen LogP contribution is -1.96. The molecule has 0 aromatic heterocycles. The van der Waals surface area contributed by atoms with Crippen LogP contribution in [-0.4, -0.2) is 4.92 Å². The van der Waals surface area contributed by atoms with Gasteiger partial charge in [-0.25, -0.2) is 0 Å². The van der Waals surface area contributed by atoms with Gasteiger partial charge in [-0.15, -0.1) is 0 Å². The summed E-state index contributed by atoms with van der Waals surface area (Å²) in [6.07, 6.45) is 0. The van der Waals surface area contributed by atoms with E-state index in [1.807, 2.05) is 31.2 Å². The molecule has 18 heavy (non-hydrogen) atoms. The van der Waals surface area contributed by atoms with Gasteiger partial charge in [0.2, 0.25) is 0 Å². The lowest BCUT2D eigenvalue weighted by atomic mass is 10.2. The molecule has 0 heterocycles. The number of hydrogen-bond donors (Lipinski definition) is 2. The Balaban J connectivity index is 2.28. The Hall–Kier alpha value is -2.56. The number of benzene rings is 2. The van der Waals surface area contributed by atoms with Crippen molar-refractivity contribution in [2.24, 2.45) is 0 Å². The highest BCUT2D eigenvalue weighted by Gasteiger charge is 2.08. The molecular formula is C13H13N3O2. The standard InChI is InChI=1S/C13H13N3O2/c1-9-2-4-11(5-3-9)15-12-6-10(14)7-13(8-12)16(17)18/h2-8,15H,14H2,1H3. The number of hydrogen-bond acceptors (Lipinski definition) is 4. The first-order valence-electron chi connectivity index (χ1n) is 5.43. The van der Waals surface area contributed by atoms with Gasteiger partial charge >= 0.3 is 0 Å². The van der Waals surface area contributed by atoms with E-state index in [-0.39, 0.29) is 5.69 Å². The first-order chi connectivity index (χ1) is 8.54. The lowest BCUT2D eigenvalue weighted by Gasteiger charge is -2.07. The normalized spacial score (nSPS) is 10.1. The van der Waals surface area contributed by atoms with Gasteiger partial charge in [0.1, 0.15) is 0 Å². The molecule has 0 saturated carbocycles. The van der Waals surface area contributed by atoms with Gasteiger partial charge in [0.25, 0.3) is 5.69 Å². The Kier molecular flexibility index (Phi) is 3.14. The molecule has 3 N–H and O–H groups in total. The van der Waals surface area contributed by atoms with Gasteiger partial charge in [-0.05, 0) is 25.1 Å². The van der Waals surface area contributed by atoms with Gasteiger partial charge in [0.15, 0.2) is 0 Å². The average Bonchev–Trinajstić information content (AvgIpc) is 2.31. The van der Waals surface area contributed by atoms with Gasteiger partial charge in [-0.3, -0.25) is 10.1 Å². The molecular weight excluding hydrogens is 230 g/mol. The van der Waals surface area contributed by atoms with Crippen molar-refractivity contribution in [3.8, 4) is 0 Å². The van der Waals surface area contributed by atoms with Crippen LogP contribution in [0.5, 0.6) is 0 Å². The van der Waals surface area contributed by atoms with E-state index < -0.39 is 4.92 Å². The zero-order valence-corrected chi connectivity index (χ0v) is 9.88. The first kappa shape index (κ1) is 11.9. The van der Waals surface area contributed by atoms with Crippen molar-refractivity contribution in [1.29, 1.82) is 0 Å². The molecule has 5 nitrogen and oxygen atoms in total. The monoisotopic (exact) mass is 243 g/mol. The molecule has 92 valence electrons. The molecule has 0 aliphatic carbocycles. The highest BCUT2D eigenvalue weighted by Crippen LogP contribution is 2.25. The number of rotatable bonds is 3. The smallest absolute Gasteiger partial charge is 0.273 e. The summed E-state index contributed by atoms with van der Waals surface area (Å²) in [7, 11) is 0. The molecule has 5 heteroatoms.